The average Bonchev–Trinajstić information content (AvgIpc) is 2.99. The zero-order valence-electron chi connectivity index (χ0n) is 17.4. The molecule has 0 unspecified atom stereocenters. The fourth-order valence-corrected chi connectivity index (χ4v) is 3.82. The summed E-state index contributed by atoms with van der Waals surface area (Å²) in [5.41, 5.74) is 2.98. The summed E-state index contributed by atoms with van der Waals surface area (Å²) in [6.07, 6.45) is 0. The fourth-order valence-electron chi connectivity index (χ4n) is 3.82. The Balaban J connectivity index is 0.00000272. The van der Waals surface area contributed by atoms with E-state index < -0.39 is 0 Å². The summed E-state index contributed by atoms with van der Waals surface area (Å²) < 4.78 is 5.32. The van der Waals surface area contributed by atoms with E-state index in [9.17, 15) is 14.4 Å². The first-order valence-corrected chi connectivity index (χ1v) is 10.2. The van der Waals surface area contributed by atoms with Gasteiger partial charge in [-0.05, 0) is 30.7 Å². The van der Waals surface area contributed by atoms with Gasteiger partial charge in [-0.1, -0.05) is 29.8 Å². The molecule has 0 atom stereocenters. The topological polar surface area (TPSA) is 79.0 Å². The lowest BCUT2D eigenvalue weighted by Crippen LogP contribution is -2.41. The molecule has 0 aromatic heterocycles. The number of fused-ring (bicyclic) bond motifs is 1. The Hall–Kier alpha value is -2.74. The molecule has 4 rings (SSSR count). The summed E-state index contributed by atoms with van der Waals surface area (Å²) >= 11 is 0. The molecule has 31 heavy (non-hydrogen) atoms. The van der Waals surface area contributed by atoms with Crippen molar-refractivity contribution >= 4 is 30.1 Å². The van der Waals surface area contributed by atoms with Gasteiger partial charge in [0.2, 0.25) is 0 Å². The third kappa shape index (κ3) is 5.12. The number of imide groups is 1. The van der Waals surface area contributed by atoms with Crippen LogP contribution in [0, 0.1) is 6.92 Å². The number of carbonyl (C=O) groups excluding carboxylic acids is 3. The third-order valence-electron chi connectivity index (χ3n) is 5.47. The van der Waals surface area contributed by atoms with Gasteiger partial charge in [0.15, 0.2) is 0 Å². The second-order valence-electron chi connectivity index (χ2n) is 7.66. The van der Waals surface area contributed by atoms with Gasteiger partial charge in [0.1, 0.15) is 0 Å². The van der Waals surface area contributed by atoms with Crippen LogP contribution in [0.4, 0.5) is 0 Å². The number of nitrogens with one attached hydrogen (secondary N) is 1. The van der Waals surface area contributed by atoms with Crippen molar-refractivity contribution in [1.82, 2.24) is 15.1 Å². The molecular weight excluding hydrogens is 418 g/mol. The van der Waals surface area contributed by atoms with Crippen LogP contribution in [0.25, 0.3) is 0 Å². The van der Waals surface area contributed by atoms with Gasteiger partial charge in [-0.2, -0.15) is 0 Å². The molecule has 0 saturated carbocycles. The molecule has 1 saturated heterocycles. The van der Waals surface area contributed by atoms with E-state index in [2.05, 4.69) is 10.2 Å². The van der Waals surface area contributed by atoms with E-state index in [-0.39, 0.29) is 42.2 Å². The zero-order valence-corrected chi connectivity index (χ0v) is 18.2. The lowest BCUT2D eigenvalue weighted by molar-refractivity contribution is 0.0383. The molecule has 2 aromatic carbocycles. The Morgan fingerprint density at radius 3 is 2.52 bits per heavy atom. The lowest BCUT2D eigenvalue weighted by atomic mass is 10.1. The highest BCUT2D eigenvalue weighted by Gasteiger charge is 2.36. The quantitative estimate of drug-likeness (QED) is 0.693. The monoisotopic (exact) mass is 443 g/mol. The van der Waals surface area contributed by atoms with Gasteiger partial charge in [0.25, 0.3) is 17.7 Å². The molecular formula is C23H26ClN3O4. The Labute approximate surface area is 187 Å². The molecule has 2 aliphatic rings. The molecule has 0 bridgehead atoms. The molecule has 1 N–H and O–H groups in total. The molecule has 3 amide bonds. The second kappa shape index (κ2) is 10.0. The second-order valence-corrected chi connectivity index (χ2v) is 7.66. The smallest absolute Gasteiger partial charge is 0.261 e. The van der Waals surface area contributed by atoms with Crippen LogP contribution in [0.15, 0.2) is 42.5 Å². The Morgan fingerprint density at radius 1 is 1.03 bits per heavy atom. The molecule has 2 heterocycles. The molecule has 0 spiro atoms. The van der Waals surface area contributed by atoms with Crippen LogP contribution in [0.3, 0.4) is 0 Å². The number of rotatable bonds is 6. The number of aryl methyl sites for hydroxylation is 1. The van der Waals surface area contributed by atoms with Crippen LogP contribution in [-0.2, 0) is 11.3 Å². The van der Waals surface area contributed by atoms with Gasteiger partial charge in [0, 0.05) is 31.7 Å². The summed E-state index contributed by atoms with van der Waals surface area (Å²) in [5, 5.41) is 2.89. The van der Waals surface area contributed by atoms with Crippen molar-refractivity contribution in [2.24, 2.45) is 0 Å². The van der Waals surface area contributed by atoms with Gasteiger partial charge >= 0.3 is 0 Å². The maximum atomic E-state index is 12.8. The number of ether oxygens (including phenoxy) is 1. The van der Waals surface area contributed by atoms with Crippen LogP contribution < -0.4 is 5.32 Å². The highest BCUT2D eigenvalue weighted by Crippen LogP contribution is 2.26. The molecule has 164 valence electrons. The minimum absolute atomic E-state index is 0. The summed E-state index contributed by atoms with van der Waals surface area (Å²) in [7, 11) is 0. The number of morpholine rings is 1. The van der Waals surface area contributed by atoms with E-state index in [0.717, 1.165) is 30.8 Å². The van der Waals surface area contributed by atoms with Crippen molar-refractivity contribution < 1.29 is 19.1 Å². The number of hydrogen-bond acceptors (Lipinski definition) is 5. The number of amides is 3. The average molecular weight is 444 g/mol. The molecule has 0 radical (unpaired) electrons. The predicted octanol–water partition coefficient (Wildman–Crippen LogP) is 2.28. The van der Waals surface area contributed by atoms with E-state index in [1.54, 1.807) is 12.1 Å². The van der Waals surface area contributed by atoms with E-state index in [1.165, 1.54) is 11.0 Å². The number of benzene rings is 2. The Kier molecular flexibility index (Phi) is 7.43. The van der Waals surface area contributed by atoms with E-state index >= 15 is 0 Å². The minimum Gasteiger partial charge on any atom is -0.379 e. The summed E-state index contributed by atoms with van der Waals surface area (Å²) in [6.45, 7) is 6.61. The number of nitrogens with zero attached hydrogens (tertiary/aromatic N) is 2. The molecule has 1 fully saturated rings. The van der Waals surface area contributed by atoms with Crippen LogP contribution >= 0.6 is 12.4 Å². The summed E-state index contributed by atoms with van der Waals surface area (Å²) in [4.78, 5) is 41.6. The van der Waals surface area contributed by atoms with Crippen molar-refractivity contribution in [1.29, 1.82) is 0 Å². The van der Waals surface area contributed by atoms with Gasteiger partial charge in [-0.15, -0.1) is 12.4 Å². The predicted molar refractivity (Wildman–Crippen MR) is 119 cm³/mol. The summed E-state index contributed by atoms with van der Waals surface area (Å²) in [5.74, 6) is -0.932. The highest BCUT2D eigenvalue weighted by atomic mass is 35.5. The Bertz CT molecular complexity index is 989. The van der Waals surface area contributed by atoms with E-state index in [0.29, 0.717) is 30.9 Å². The van der Waals surface area contributed by atoms with E-state index in [4.69, 9.17) is 4.74 Å². The van der Waals surface area contributed by atoms with Crippen molar-refractivity contribution in [2.45, 2.75) is 13.5 Å². The maximum absolute atomic E-state index is 12.8. The highest BCUT2D eigenvalue weighted by molar-refractivity contribution is 6.22. The minimum atomic E-state index is -0.362. The standard InChI is InChI=1S/C23H25N3O4.ClH/c1-16-3-2-4-17(13-16)15-26-22(28)19-6-5-18(14-20(19)23(26)29)21(27)24-7-8-25-9-11-30-12-10-25;/h2-6,13-14H,7-12,15H2,1H3,(H,24,27);1H. The van der Waals surface area contributed by atoms with Gasteiger partial charge in [-0.3, -0.25) is 24.2 Å². The normalized spacial score (nSPS) is 16.1. The van der Waals surface area contributed by atoms with Crippen LogP contribution in [-0.4, -0.2) is 66.9 Å². The lowest BCUT2D eigenvalue weighted by Gasteiger charge is -2.26. The molecule has 2 aliphatic heterocycles. The first-order chi connectivity index (χ1) is 14.5. The van der Waals surface area contributed by atoms with Crippen LogP contribution in [0.5, 0.6) is 0 Å². The number of carbonyl (C=O) groups is 3. The SMILES string of the molecule is Cc1cccc(CN2C(=O)c3ccc(C(=O)NCCN4CCOCC4)cc3C2=O)c1.Cl. The molecule has 8 heteroatoms. The van der Waals surface area contributed by atoms with Crippen molar-refractivity contribution in [2.75, 3.05) is 39.4 Å². The molecule has 0 aliphatic carbocycles. The van der Waals surface area contributed by atoms with Crippen molar-refractivity contribution in [3.8, 4) is 0 Å². The first-order valence-electron chi connectivity index (χ1n) is 10.2. The number of halogens is 1. The first kappa shape index (κ1) is 22.9. The number of hydrogen-bond donors (Lipinski definition) is 1. The van der Waals surface area contributed by atoms with Crippen LogP contribution in [0.2, 0.25) is 0 Å². The molecule has 2 aromatic rings. The largest absolute Gasteiger partial charge is 0.379 e. The van der Waals surface area contributed by atoms with Gasteiger partial charge in [-0.25, -0.2) is 0 Å². The van der Waals surface area contributed by atoms with Gasteiger partial charge in [0.05, 0.1) is 30.9 Å². The Morgan fingerprint density at radius 2 is 1.77 bits per heavy atom. The third-order valence-corrected chi connectivity index (χ3v) is 5.47. The molecule has 7 nitrogen and oxygen atoms in total. The van der Waals surface area contributed by atoms with Crippen molar-refractivity contribution in [3.05, 3.63) is 70.3 Å². The zero-order chi connectivity index (χ0) is 21.1. The van der Waals surface area contributed by atoms with Crippen molar-refractivity contribution in [3.63, 3.8) is 0 Å². The van der Waals surface area contributed by atoms with Crippen LogP contribution in [0.1, 0.15) is 42.2 Å². The van der Waals surface area contributed by atoms with E-state index in [1.807, 2.05) is 31.2 Å². The van der Waals surface area contributed by atoms with Gasteiger partial charge < -0.3 is 10.1 Å². The summed E-state index contributed by atoms with van der Waals surface area (Å²) in [6, 6.07) is 12.4. The fraction of sp³-hybridized carbons (Fsp3) is 0.348. The maximum Gasteiger partial charge on any atom is 0.261 e.